The summed E-state index contributed by atoms with van der Waals surface area (Å²) in [5, 5.41) is 0. The van der Waals surface area contributed by atoms with Gasteiger partial charge in [-0.25, -0.2) is 0 Å². The molecule has 0 fully saturated rings. The first-order valence-corrected chi connectivity index (χ1v) is 23.3. The van der Waals surface area contributed by atoms with Crippen LogP contribution < -0.4 is 0 Å². The monoisotopic (exact) mass is 805 g/mol. The lowest BCUT2D eigenvalue weighted by Crippen LogP contribution is -2.30. The molecule has 0 aliphatic carbocycles. The highest BCUT2D eigenvalue weighted by Gasteiger charge is 2.19. The van der Waals surface area contributed by atoms with Gasteiger partial charge in [0.05, 0.1) is 6.42 Å². The molecule has 0 saturated carbocycles. The van der Waals surface area contributed by atoms with E-state index in [2.05, 4.69) is 99.8 Å². The van der Waals surface area contributed by atoms with Gasteiger partial charge in [0, 0.05) is 12.8 Å². The van der Waals surface area contributed by atoms with Gasteiger partial charge in [-0.15, -0.1) is 0 Å². The van der Waals surface area contributed by atoms with Crippen LogP contribution in [0.2, 0.25) is 0 Å². The Hall–Kier alpha value is -3.67. The van der Waals surface area contributed by atoms with Crippen LogP contribution in [-0.4, -0.2) is 37.2 Å². The zero-order valence-electron chi connectivity index (χ0n) is 37.3. The maximum Gasteiger partial charge on any atom is 0.309 e. The molecule has 0 aliphatic rings. The lowest BCUT2D eigenvalue weighted by molar-refractivity contribution is -0.166. The smallest absolute Gasteiger partial charge is 0.309 e. The summed E-state index contributed by atoms with van der Waals surface area (Å²) in [6.07, 6.45) is 60.0. The van der Waals surface area contributed by atoms with Gasteiger partial charge in [-0.3, -0.25) is 14.4 Å². The lowest BCUT2D eigenvalue weighted by Gasteiger charge is -2.18. The Morgan fingerprint density at radius 3 is 1.34 bits per heavy atom. The average molecular weight is 805 g/mol. The van der Waals surface area contributed by atoms with Crippen molar-refractivity contribution in [1.29, 1.82) is 0 Å². The van der Waals surface area contributed by atoms with Crippen LogP contribution in [0, 0.1) is 0 Å². The summed E-state index contributed by atoms with van der Waals surface area (Å²) in [5.74, 6) is -1.10. The molecule has 0 radical (unpaired) electrons. The summed E-state index contributed by atoms with van der Waals surface area (Å²) in [5.41, 5.74) is 0. The maximum absolute atomic E-state index is 12.7. The highest BCUT2D eigenvalue weighted by molar-refractivity contribution is 5.72. The molecular weight excluding hydrogens is 721 g/mol. The molecule has 6 nitrogen and oxygen atoms in total. The number of hydrogen-bond donors (Lipinski definition) is 0. The Labute approximate surface area is 356 Å². The molecule has 0 aromatic heterocycles. The minimum Gasteiger partial charge on any atom is -0.462 e. The van der Waals surface area contributed by atoms with E-state index in [1.807, 2.05) is 12.2 Å². The first-order valence-electron chi connectivity index (χ1n) is 23.3. The minimum atomic E-state index is -0.829. The number of hydrogen-bond acceptors (Lipinski definition) is 6. The van der Waals surface area contributed by atoms with Crippen molar-refractivity contribution >= 4 is 17.9 Å². The summed E-state index contributed by atoms with van der Waals surface area (Å²) >= 11 is 0. The molecule has 6 heteroatoms. The van der Waals surface area contributed by atoms with E-state index in [0.717, 1.165) is 103 Å². The van der Waals surface area contributed by atoms with Crippen LogP contribution in [0.25, 0.3) is 0 Å². The summed E-state index contributed by atoms with van der Waals surface area (Å²) in [6, 6.07) is 0. The molecule has 0 N–H and O–H groups in total. The van der Waals surface area contributed by atoms with Crippen molar-refractivity contribution in [2.75, 3.05) is 13.2 Å². The third-order valence-corrected chi connectivity index (χ3v) is 9.43. The van der Waals surface area contributed by atoms with Gasteiger partial charge >= 0.3 is 17.9 Å². The van der Waals surface area contributed by atoms with Gasteiger partial charge in [0.2, 0.25) is 0 Å². The molecule has 1 atom stereocenters. The second-order valence-electron chi connectivity index (χ2n) is 15.0. The Morgan fingerprint density at radius 2 is 0.810 bits per heavy atom. The predicted octanol–water partition coefficient (Wildman–Crippen LogP) is 15.0. The van der Waals surface area contributed by atoms with Gasteiger partial charge in [0.25, 0.3) is 0 Å². The van der Waals surface area contributed by atoms with Gasteiger partial charge < -0.3 is 14.2 Å². The fraction of sp³-hybridized carbons (Fsp3) is 0.635. The molecule has 0 aromatic rings. The van der Waals surface area contributed by atoms with E-state index in [1.165, 1.54) is 51.4 Å². The van der Waals surface area contributed by atoms with Crippen LogP contribution in [0.4, 0.5) is 0 Å². The normalized spacial score (nSPS) is 12.9. The van der Waals surface area contributed by atoms with Crippen molar-refractivity contribution < 1.29 is 28.6 Å². The third kappa shape index (κ3) is 43.5. The molecule has 0 spiro atoms. The minimum absolute atomic E-state index is 0.123. The van der Waals surface area contributed by atoms with Crippen LogP contribution >= 0.6 is 0 Å². The van der Waals surface area contributed by atoms with Crippen LogP contribution in [0.5, 0.6) is 0 Å². The number of carbonyl (C=O) groups is 3. The van der Waals surface area contributed by atoms with Crippen molar-refractivity contribution in [1.82, 2.24) is 0 Å². The zero-order valence-corrected chi connectivity index (χ0v) is 37.3. The van der Waals surface area contributed by atoms with E-state index < -0.39 is 12.1 Å². The van der Waals surface area contributed by atoms with Crippen molar-refractivity contribution in [3.8, 4) is 0 Å². The highest BCUT2D eigenvalue weighted by Crippen LogP contribution is 2.12. The summed E-state index contributed by atoms with van der Waals surface area (Å²) in [6.45, 7) is 6.23. The Bertz CT molecular complexity index is 1200. The Kier molecular flexibility index (Phi) is 43.1. The maximum atomic E-state index is 12.7. The third-order valence-electron chi connectivity index (χ3n) is 9.43. The molecule has 0 heterocycles. The standard InChI is InChI=1S/C52H84O6/c1-4-7-10-13-16-19-21-23-24-25-26-27-29-30-33-36-39-42-45-51(54)57-48-49(47-56-50(53)44-41-38-35-32-18-15-12-9-6-3)58-52(55)46-43-40-37-34-31-28-22-20-17-14-11-8-5-2/h8-9,11-12,14,17-18,20,22,24-27,32,38,41,49H,4-7,10,13,15-16,19,21,23,28-31,33-37,39-40,42-48H2,1-3H3/b11-8-,12-9-,17-14-,22-20-,25-24-,27-26-,32-18-,41-38-. The molecule has 328 valence electrons. The van der Waals surface area contributed by atoms with E-state index in [9.17, 15) is 14.4 Å². The second-order valence-corrected chi connectivity index (χ2v) is 15.0. The number of allylic oxidation sites excluding steroid dienone is 15. The van der Waals surface area contributed by atoms with Crippen LogP contribution in [0.15, 0.2) is 97.2 Å². The van der Waals surface area contributed by atoms with Crippen LogP contribution in [0.3, 0.4) is 0 Å². The van der Waals surface area contributed by atoms with E-state index in [-0.39, 0.29) is 38.0 Å². The Morgan fingerprint density at radius 1 is 0.397 bits per heavy atom. The van der Waals surface area contributed by atoms with Gasteiger partial charge in [0.1, 0.15) is 13.2 Å². The van der Waals surface area contributed by atoms with Gasteiger partial charge in [-0.05, 0) is 77.0 Å². The van der Waals surface area contributed by atoms with Crippen molar-refractivity contribution in [3.63, 3.8) is 0 Å². The van der Waals surface area contributed by atoms with Gasteiger partial charge in [0.15, 0.2) is 6.10 Å². The molecular formula is C52H84O6. The molecule has 58 heavy (non-hydrogen) atoms. The first-order chi connectivity index (χ1) is 28.5. The number of carbonyl (C=O) groups excluding carboxylic acids is 3. The number of esters is 3. The molecule has 0 saturated heterocycles. The van der Waals surface area contributed by atoms with E-state index in [4.69, 9.17) is 14.2 Å². The summed E-state index contributed by atoms with van der Waals surface area (Å²) in [4.78, 5) is 37.7. The van der Waals surface area contributed by atoms with E-state index in [0.29, 0.717) is 6.42 Å². The molecule has 0 amide bonds. The number of rotatable bonds is 40. The SMILES string of the molecule is CC\C=C/C=C\C=C/CCCCCCCC(=O)OC(COC(=O)C/C=C\C/C=C\C/C=C\CC)COC(=O)CCCCCCC/C=C\C=C/CCCCCCCCC. The number of ether oxygens (including phenoxy) is 3. The quantitative estimate of drug-likeness (QED) is 0.0202. The largest absolute Gasteiger partial charge is 0.462 e. The van der Waals surface area contributed by atoms with Crippen molar-refractivity contribution in [2.24, 2.45) is 0 Å². The molecule has 0 aliphatic heterocycles. The molecule has 0 rings (SSSR count). The zero-order chi connectivity index (χ0) is 42.3. The first kappa shape index (κ1) is 54.3. The fourth-order valence-corrected chi connectivity index (χ4v) is 5.96. The van der Waals surface area contributed by atoms with Crippen LogP contribution in [-0.2, 0) is 28.6 Å². The molecule has 1 unspecified atom stereocenters. The second kappa shape index (κ2) is 46.0. The topological polar surface area (TPSA) is 78.9 Å². The fourth-order valence-electron chi connectivity index (χ4n) is 5.96. The lowest BCUT2D eigenvalue weighted by atomic mass is 10.1. The number of unbranched alkanes of at least 4 members (excludes halogenated alkanes) is 17. The highest BCUT2D eigenvalue weighted by atomic mass is 16.6. The van der Waals surface area contributed by atoms with Crippen molar-refractivity contribution in [3.05, 3.63) is 97.2 Å². The van der Waals surface area contributed by atoms with E-state index >= 15 is 0 Å². The summed E-state index contributed by atoms with van der Waals surface area (Å²) < 4.78 is 16.6. The van der Waals surface area contributed by atoms with Gasteiger partial charge in [-0.1, -0.05) is 195 Å². The van der Waals surface area contributed by atoms with Gasteiger partial charge in [-0.2, -0.15) is 0 Å². The average Bonchev–Trinajstić information content (AvgIpc) is 3.22. The molecule has 0 aromatic carbocycles. The van der Waals surface area contributed by atoms with Crippen LogP contribution in [0.1, 0.15) is 194 Å². The Balaban J connectivity index is 4.45. The predicted molar refractivity (Wildman–Crippen MR) is 247 cm³/mol. The summed E-state index contributed by atoms with van der Waals surface area (Å²) in [7, 11) is 0. The van der Waals surface area contributed by atoms with E-state index in [1.54, 1.807) is 6.08 Å². The van der Waals surface area contributed by atoms with Crippen molar-refractivity contribution in [2.45, 2.75) is 200 Å². The molecule has 0 bridgehead atoms.